The van der Waals surface area contributed by atoms with E-state index in [0.717, 1.165) is 21.8 Å². The molecule has 0 saturated carbocycles. The average Bonchev–Trinajstić information content (AvgIpc) is 2.88. The number of rotatable bonds is 7. The zero-order valence-electron chi connectivity index (χ0n) is 21.0. The molecular formula is C26H30N4O5S2. The number of carbonyl (C=O) groups excluding carboxylic acids is 1. The van der Waals surface area contributed by atoms with Crippen LogP contribution in [0.2, 0.25) is 0 Å². The van der Waals surface area contributed by atoms with Crippen molar-refractivity contribution >= 4 is 43.0 Å². The van der Waals surface area contributed by atoms with E-state index < -0.39 is 26.0 Å². The molecule has 11 heteroatoms. The van der Waals surface area contributed by atoms with Crippen LogP contribution in [-0.2, 0) is 20.0 Å². The molecule has 37 heavy (non-hydrogen) atoms. The van der Waals surface area contributed by atoms with E-state index in [4.69, 9.17) is 0 Å². The molecule has 0 unspecified atom stereocenters. The lowest BCUT2D eigenvalue weighted by molar-refractivity contribution is 0.102. The number of carbonyl (C=O) groups is 1. The molecule has 1 amide bonds. The van der Waals surface area contributed by atoms with Crippen molar-refractivity contribution in [1.82, 2.24) is 4.31 Å². The highest BCUT2D eigenvalue weighted by Gasteiger charge is 2.29. The fraction of sp³-hybridized carbons (Fsp3) is 0.269. The highest BCUT2D eigenvalue weighted by Crippen LogP contribution is 2.25. The fourth-order valence-electron chi connectivity index (χ4n) is 4.19. The Kier molecular flexibility index (Phi) is 7.58. The zero-order chi connectivity index (χ0) is 26.8. The van der Waals surface area contributed by atoms with E-state index in [-0.39, 0.29) is 16.1 Å². The summed E-state index contributed by atoms with van der Waals surface area (Å²) in [5.41, 5.74) is 3.06. The van der Waals surface area contributed by atoms with Gasteiger partial charge in [0, 0.05) is 44.6 Å². The third-order valence-corrected chi connectivity index (χ3v) is 9.45. The van der Waals surface area contributed by atoms with Gasteiger partial charge in [-0.05, 0) is 61.0 Å². The molecule has 3 aromatic carbocycles. The zero-order valence-corrected chi connectivity index (χ0v) is 22.6. The van der Waals surface area contributed by atoms with Crippen molar-refractivity contribution < 1.29 is 21.6 Å². The van der Waals surface area contributed by atoms with E-state index in [1.807, 2.05) is 25.1 Å². The Hall–Kier alpha value is -3.41. The standard InChI is InChI=1S/C26H30N4O5S2/c1-20-7-6-8-22(19-20)29-15-17-30(18-16-29)37(34,35)23-13-11-21(12-14-23)27-26(31)24-9-4-5-10-25(24)28(2)36(3,32)33/h4-14,19H,15-18H2,1-3H3,(H,27,31). The van der Waals surface area contributed by atoms with E-state index in [1.165, 1.54) is 41.7 Å². The van der Waals surface area contributed by atoms with Gasteiger partial charge in [0.25, 0.3) is 5.91 Å². The third kappa shape index (κ3) is 5.95. The van der Waals surface area contributed by atoms with Crippen LogP contribution in [0.5, 0.6) is 0 Å². The smallest absolute Gasteiger partial charge is 0.257 e. The molecule has 4 rings (SSSR count). The number of amides is 1. The summed E-state index contributed by atoms with van der Waals surface area (Å²) in [6.45, 7) is 3.97. The van der Waals surface area contributed by atoms with Crippen LogP contribution in [0.25, 0.3) is 0 Å². The highest BCUT2D eigenvalue weighted by molar-refractivity contribution is 7.92. The molecule has 1 fully saturated rings. The van der Waals surface area contributed by atoms with Gasteiger partial charge in [0.15, 0.2) is 0 Å². The molecule has 0 bridgehead atoms. The Balaban J connectivity index is 1.44. The molecule has 1 heterocycles. The molecule has 1 aliphatic heterocycles. The number of para-hydroxylation sites is 1. The van der Waals surface area contributed by atoms with Gasteiger partial charge in [-0.15, -0.1) is 0 Å². The summed E-state index contributed by atoms with van der Waals surface area (Å²) in [6.07, 6.45) is 1.06. The van der Waals surface area contributed by atoms with Crippen LogP contribution >= 0.6 is 0 Å². The minimum atomic E-state index is -3.69. The van der Waals surface area contributed by atoms with Crippen molar-refractivity contribution in [2.45, 2.75) is 11.8 Å². The summed E-state index contributed by atoms with van der Waals surface area (Å²) in [7, 11) is -5.87. The maximum absolute atomic E-state index is 13.2. The van der Waals surface area contributed by atoms with Crippen LogP contribution in [0.4, 0.5) is 17.1 Å². The minimum absolute atomic E-state index is 0.145. The molecule has 1 N–H and O–H groups in total. The Morgan fingerprint density at radius 2 is 1.51 bits per heavy atom. The minimum Gasteiger partial charge on any atom is -0.369 e. The molecular weight excluding hydrogens is 512 g/mol. The van der Waals surface area contributed by atoms with Crippen LogP contribution in [0.1, 0.15) is 15.9 Å². The van der Waals surface area contributed by atoms with Crippen LogP contribution in [0.3, 0.4) is 0 Å². The van der Waals surface area contributed by atoms with Crippen molar-refractivity contribution in [2.24, 2.45) is 0 Å². The normalized spacial score (nSPS) is 14.8. The van der Waals surface area contributed by atoms with E-state index in [0.29, 0.717) is 31.9 Å². The summed E-state index contributed by atoms with van der Waals surface area (Å²) in [5, 5.41) is 2.72. The Labute approximate surface area is 218 Å². The number of hydrogen-bond acceptors (Lipinski definition) is 6. The highest BCUT2D eigenvalue weighted by atomic mass is 32.2. The van der Waals surface area contributed by atoms with Gasteiger partial charge in [-0.3, -0.25) is 9.10 Å². The third-order valence-electron chi connectivity index (χ3n) is 6.34. The second-order valence-corrected chi connectivity index (χ2v) is 12.9. The molecule has 196 valence electrons. The average molecular weight is 543 g/mol. The number of hydrogen-bond donors (Lipinski definition) is 1. The van der Waals surface area contributed by atoms with Gasteiger partial charge in [-0.1, -0.05) is 24.3 Å². The van der Waals surface area contributed by atoms with Crippen molar-refractivity contribution in [1.29, 1.82) is 0 Å². The Morgan fingerprint density at radius 3 is 2.14 bits per heavy atom. The molecule has 0 atom stereocenters. The monoisotopic (exact) mass is 542 g/mol. The second kappa shape index (κ2) is 10.5. The van der Waals surface area contributed by atoms with Gasteiger partial charge >= 0.3 is 0 Å². The van der Waals surface area contributed by atoms with Gasteiger partial charge in [0.05, 0.1) is 22.4 Å². The first-order chi connectivity index (χ1) is 17.5. The molecule has 0 radical (unpaired) electrons. The Bertz CT molecular complexity index is 1500. The first-order valence-corrected chi connectivity index (χ1v) is 15.0. The SMILES string of the molecule is Cc1cccc(N2CCN(S(=O)(=O)c3ccc(NC(=O)c4ccccc4N(C)S(C)(=O)=O)cc3)CC2)c1. The summed E-state index contributed by atoms with van der Waals surface area (Å²) < 4.78 is 52.9. The van der Waals surface area contributed by atoms with Gasteiger partial charge in [0.2, 0.25) is 20.0 Å². The van der Waals surface area contributed by atoms with Gasteiger partial charge in [-0.25, -0.2) is 16.8 Å². The molecule has 0 spiro atoms. The van der Waals surface area contributed by atoms with Crippen LogP contribution < -0.4 is 14.5 Å². The maximum Gasteiger partial charge on any atom is 0.257 e. The fourth-order valence-corrected chi connectivity index (χ4v) is 6.13. The number of piperazine rings is 1. The first kappa shape index (κ1) is 26.6. The molecule has 1 aliphatic rings. The lowest BCUT2D eigenvalue weighted by Gasteiger charge is -2.35. The van der Waals surface area contributed by atoms with Crippen molar-refractivity contribution in [3.8, 4) is 0 Å². The number of sulfonamides is 2. The van der Waals surface area contributed by atoms with Gasteiger partial charge in [0.1, 0.15) is 0 Å². The van der Waals surface area contributed by atoms with Crippen molar-refractivity contribution in [2.75, 3.05) is 54.0 Å². The summed E-state index contributed by atoms with van der Waals surface area (Å²) >= 11 is 0. The first-order valence-electron chi connectivity index (χ1n) is 11.7. The van der Waals surface area contributed by atoms with Crippen molar-refractivity contribution in [3.05, 3.63) is 83.9 Å². The summed E-state index contributed by atoms with van der Waals surface area (Å²) in [4.78, 5) is 15.2. The molecule has 3 aromatic rings. The summed E-state index contributed by atoms with van der Waals surface area (Å²) in [6, 6.07) is 20.5. The van der Waals surface area contributed by atoms with E-state index >= 15 is 0 Å². The molecule has 0 aliphatic carbocycles. The number of benzene rings is 3. The van der Waals surface area contributed by atoms with Crippen molar-refractivity contribution in [3.63, 3.8) is 0 Å². The number of aryl methyl sites for hydroxylation is 1. The van der Waals surface area contributed by atoms with Crippen LogP contribution in [0.15, 0.2) is 77.7 Å². The largest absolute Gasteiger partial charge is 0.369 e. The lowest BCUT2D eigenvalue weighted by atomic mass is 10.1. The van der Waals surface area contributed by atoms with E-state index in [1.54, 1.807) is 18.2 Å². The quantitative estimate of drug-likeness (QED) is 0.492. The number of anilines is 3. The summed E-state index contributed by atoms with van der Waals surface area (Å²) in [5.74, 6) is -0.506. The van der Waals surface area contributed by atoms with Gasteiger partial charge in [-0.2, -0.15) is 4.31 Å². The topological polar surface area (TPSA) is 107 Å². The van der Waals surface area contributed by atoms with Crippen LogP contribution in [0, 0.1) is 6.92 Å². The van der Waals surface area contributed by atoms with Crippen LogP contribution in [-0.4, -0.2) is 66.5 Å². The predicted octanol–water partition coefficient (Wildman–Crippen LogP) is 3.15. The number of nitrogens with zero attached hydrogens (tertiary/aromatic N) is 3. The Morgan fingerprint density at radius 1 is 0.865 bits per heavy atom. The predicted molar refractivity (Wildman–Crippen MR) is 146 cm³/mol. The van der Waals surface area contributed by atoms with E-state index in [2.05, 4.69) is 16.3 Å². The second-order valence-electron chi connectivity index (χ2n) is 8.96. The molecule has 9 nitrogen and oxygen atoms in total. The maximum atomic E-state index is 13.2. The van der Waals surface area contributed by atoms with Gasteiger partial charge < -0.3 is 10.2 Å². The van der Waals surface area contributed by atoms with E-state index in [9.17, 15) is 21.6 Å². The molecule has 0 aromatic heterocycles. The molecule has 1 saturated heterocycles. The lowest BCUT2D eigenvalue weighted by Crippen LogP contribution is -2.48. The number of nitrogens with one attached hydrogen (secondary N) is 1.